The van der Waals surface area contributed by atoms with Crippen LogP contribution in [0.1, 0.15) is 194 Å². The molecule has 0 aliphatic heterocycles. The molecule has 0 aromatic rings. The molecule has 1 atom stereocenters. The number of aliphatic hydroxyl groups is 1. The van der Waals surface area contributed by atoms with Gasteiger partial charge in [-0.2, -0.15) is 0 Å². The number of allylic oxidation sites excluding steroid dienone is 32. The van der Waals surface area contributed by atoms with Crippen molar-refractivity contribution in [3.8, 4) is 0 Å². The van der Waals surface area contributed by atoms with Gasteiger partial charge in [-0.05, 0) is 141 Å². The van der Waals surface area contributed by atoms with Crippen LogP contribution in [0.2, 0.25) is 0 Å². The maximum absolute atomic E-state index is 12.3. The Hall–Kier alpha value is -5.26. The van der Waals surface area contributed by atoms with Gasteiger partial charge in [-0.25, -0.2) is 0 Å². The van der Waals surface area contributed by atoms with Gasteiger partial charge in [0.25, 0.3) is 0 Å². The van der Waals surface area contributed by atoms with E-state index in [9.17, 15) is 14.7 Å². The number of ether oxygens (including phenoxy) is 2. The number of hydrogen-bond acceptors (Lipinski definition) is 5. The van der Waals surface area contributed by atoms with Crippen molar-refractivity contribution >= 4 is 11.9 Å². The molecule has 72 heavy (non-hydrogen) atoms. The third-order valence-electron chi connectivity index (χ3n) is 10.9. The van der Waals surface area contributed by atoms with Crippen LogP contribution >= 0.6 is 0 Å². The minimum Gasteiger partial charge on any atom is -0.462 e. The predicted molar refractivity (Wildman–Crippen MR) is 315 cm³/mol. The Morgan fingerprint density at radius 2 is 0.556 bits per heavy atom. The normalized spacial score (nSPS) is 13.8. The Morgan fingerprint density at radius 3 is 0.847 bits per heavy atom. The van der Waals surface area contributed by atoms with E-state index in [0.717, 1.165) is 167 Å². The van der Waals surface area contributed by atoms with E-state index >= 15 is 0 Å². The van der Waals surface area contributed by atoms with Gasteiger partial charge in [-0.15, -0.1) is 0 Å². The van der Waals surface area contributed by atoms with E-state index in [1.165, 1.54) is 0 Å². The third-order valence-corrected chi connectivity index (χ3v) is 10.9. The Balaban J connectivity index is 3.73. The van der Waals surface area contributed by atoms with E-state index in [1.807, 2.05) is 0 Å². The van der Waals surface area contributed by atoms with Crippen molar-refractivity contribution < 1.29 is 24.2 Å². The number of rotatable bonds is 48. The molecule has 0 radical (unpaired) electrons. The molecular weight excluding hydrogens is 885 g/mol. The average Bonchev–Trinajstić information content (AvgIpc) is 3.38. The summed E-state index contributed by atoms with van der Waals surface area (Å²) in [5.41, 5.74) is 0. The monoisotopic (exact) mass is 985 g/mol. The van der Waals surface area contributed by atoms with Crippen LogP contribution in [0, 0.1) is 0 Å². The minimum atomic E-state index is -0.817. The molecule has 0 aliphatic carbocycles. The highest BCUT2D eigenvalue weighted by atomic mass is 16.6. The molecule has 0 aromatic heterocycles. The van der Waals surface area contributed by atoms with E-state index in [1.54, 1.807) is 0 Å². The maximum Gasteiger partial charge on any atom is 0.306 e. The first kappa shape index (κ1) is 66.7. The SMILES string of the molecule is CC/C=C\C/C=C\C/C=C\C/C=C\C/C=C\C/C=C\C/C=C\C/C=C\C/C=C\CCCCCC(=O)OC(CO)COC(=O)CCCCCCC/C=C\C/C=C\C/C=C\C/C=C\C/C=C\C/C=C\C/C=C\CC. The Kier molecular flexibility index (Phi) is 55.7. The fourth-order valence-corrected chi connectivity index (χ4v) is 6.76. The number of esters is 2. The van der Waals surface area contributed by atoms with Crippen molar-refractivity contribution in [2.24, 2.45) is 0 Å². The minimum absolute atomic E-state index is 0.105. The van der Waals surface area contributed by atoms with Gasteiger partial charge in [0.15, 0.2) is 6.10 Å². The largest absolute Gasteiger partial charge is 0.462 e. The van der Waals surface area contributed by atoms with Crippen molar-refractivity contribution in [2.45, 2.75) is 200 Å². The van der Waals surface area contributed by atoms with E-state index in [2.05, 4.69) is 208 Å². The number of unbranched alkanes of at least 4 members (excludes halogenated alkanes) is 8. The summed E-state index contributed by atoms with van der Waals surface area (Å²) in [5, 5.41) is 9.65. The van der Waals surface area contributed by atoms with Crippen LogP contribution in [-0.2, 0) is 19.1 Å². The molecule has 0 rings (SSSR count). The molecule has 0 fully saturated rings. The lowest BCUT2D eigenvalue weighted by atomic mass is 10.1. The summed E-state index contributed by atoms with van der Waals surface area (Å²) in [4.78, 5) is 24.5. The lowest BCUT2D eigenvalue weighted by Crippen LogP contribution is -2.28. The first-order valence-corrected chi connectivity index (χ1v) is 28.0. The number of carbonyl (C=O) groups excluding carboxylic acids is 2. The second-order valence-electron chi connectivity index (χ2n) is 17.5. The van der Waals surface area contributed by atoms with Gasteiger partial charge in [-0.3, -0.25) is 9.59 Å². The molecule has 0 saturated heterocycles. The van der Waals surface area contributed by atoms with Crippen molar-refractivity contribution in [3.05, 3.63) is 194 Å². The maximum atomic E-state index is 12.3. The lowest BCUT2D eigenvalue weighted by molar-refractivity contribution is -0.161. The van der Waals surface area contributed by atoms with Gasteiger partial charge in [-0.1, -0.05) is 234 Å². The third kappa shape index (κ3) is 57.3. The van der Waals surface area contributed by atoms with Crippen LogP contribution < -0.4 is 0 Å². The average molecular weight is 986 g/mol. The second-order valence-corrected chi connectivity index (χ2v) is 17.5. The molecule has 0 aliphatic rings. The Morgan fingerprint density at radius 1 is 0.319 bits per heavy atom. The van der Waals surface area contributed by atoms with Gasteiger partial charge in [0.05, 0.1) is 6.61 Å². The van der Waals surface area contributed by atoms with E-state index in [-0.39, 0.29) is 25.2 Å². The highest BCUT2D eigenvalue weighted by Gasteiger charge is 2.16. The molecule has 0 spiro atoms. The van der Waals surface area contributed by atoms with Gasteiger partial charge >= 0.3 is 11.9 Å². The van der Waals surface area contributed by atoms with Gasteiger partial charge < -0.3 is 14.6 Å². The Labute approximate surface area is 441 Å². The number of aliphatic hydroxyl groups excluding tert-OH is 1. The standard InChI is InChI=1S/C67H100O5/c1-3-5-7-9-11-13-15-17-19-21-23-25-27-29-31-32-33-34-36-38-40-42-44-46-48-50-52-54-56-58-60-62-67(70)72-65(63-68)64-71-66(69)61-59-57-55-53-51-49-47-45-43-41-39-37-35-30-28-26-24-22-20-18-16-14-12-10-8-6-4-2/h5-8,11-14,17-20,23-26,29-31,33-35,38-41,44-47,50,52,65,68H,3-4,9-10,15-16,21-22,27-28,32,36-37,42-43,48-49,51,53-64H2,1-2H3/b7-5-,8-6-,13-11-,14-12-,19-17-,20-18-,25-23-,26-24-,31-29-,34-33-,35-30-,40-38-,41-39-,46-44-,47-45-,52-50-. The van der Waals surface area contributed by atoms with E-state index in [4.69, 9.17) is 9.47 Å². The highest BCUT2D eigenvalue weighted by molar-refractivity contribution is 5.70. The first-order valence-electron chi connectivity index (χ1n) is 28.0. The van der Waals surface area contributed by atoms with Crippen molar-refractivity contribution in [2.75, 3.05) is 13.2 Å². The van der Waals surface area contributed by atoms with Crippen molar-refractivity contribution in [3.63, 3.8) is 0 Å². The fourth-order valence-electron chi connectivity index (χ4n) is 6.76. The van der Waals surface area contributed by atoms with Crippen LogP contribution in [-0.4, -0.2) is 36.4 Å². The van der Waals surface area contributed by atoms with Crippen LogP contribution in [0.15, 0.2) is 194 Å². The molecule has 0 aromatic carbocycles. The summed E-state index contributed by atoms with van der Waals surface area (Å²) in [5.74, 6) is -0.671. The van der Waals surface area contributed by atoms with Crippen LogP contribution in [0.4, 0.5) is 0 Å². The fraction of sp³-hybridized carbons (Fsp3) is 0.493. The summed E-state index contributed by atoms with van der Waals surface area (Å²) in [6.07, 6.45) is 96.7. The summed E-state index contributed by atoms with van der Waals surface area (Å²) in [7, 11) is 0. The zero-order valence-electron chi connectivity index (χ0n) is 45.3. The van der Waals surface area contributed by atoms with Gasteiger partial charge in [0.2, 0.25) is 0 Å². The van der Waals surface area contributed by atoms with Crippen LogP contribution in [0.25, 0.3) is 0 Å². The summed E-state index contributed by atoms with van der Waals surface area (Å²) in [6.45, 7) is 3.85. The molecule has 5 heteroatoms. The molecular formula is C67H100O5. The molecule has 0 bridgehead atoms. The van der Waals surface area contributed by atoms with Gasteiger partial charge in [0.1, 0.15) is 6.61 Å². The van der Waals surface area contributed by atoms with E-state index in [0.29, 0.717) is 12.8 Å². The molecule has 1 unspecified atom stereocenters. The number of carbonyl (C=O) groups is 2. The molecule has 5 nitrogen and oxygen atoms in total. The quantitative estimate of drug-likeness (QED) is 0.0374. The molecule has 0 amide bonds. The van der Waals surface area contributed by atoms with Crippen molar-refractivity contribution in [1.29, 1.82) is 0 Å². The Bertz CT molecular complexity index is 1730. The van der Waals surface area contributed by atoms with Crippen LogP contribution in [0.3, 0.4) is 0 Å². The summed E-state index contributed by atoms with van der Waals surface area (Å²) < 4.78 is 10.7. The first-order chi connectivity index (χ1) is 35.6. The van der Waals surface area contributed by atoms with Gasteiger partial charge in [0, 0.05) is 12.8 Å². The summed E-state index contributed by atoms with van der Waals surface area (Å²) >= 11 is 0. The zero-order chi connectivity index (χ0) is 52.0. The summed E-state index contributed by atoms with van der Waals surface area (Å²) in [6, 6.07) is 0. The smallest absolute Gasteiger partial charge is 0.306 e. The predicted octanol–water partition coefficient (Wildman–Crippen LogP) is 19.3. The zero-order valence-corrected chi connectivity index (χ0v) is 45.3. The molecule has 0 heterocycles. The molecule has 398 valence electrons. The number of hydrogen-bond donors (Lipinski definition) is 1. The van der Waals surface area contributed by atoms with E-state index < -0.39 is 6.10 Å². The van der Waals surface area contributed by atoms with Crippen molar-refractivity contribution in [1.82, 2.24) is 0 Å². The molecule has 0 saturated carbocycles. The molecule has 1 N–H and O–H groups in total. The lowest BCUT2D eigenvalue weighted by Gasteiger charge is -2.15. The topological polar surface area (TPSA) is 72.8 Å². The van der Waals surface area contributed by atoms with Crippen LogP contribution in [0.5, 0.6) is 0 Å². The highest BCUT2D eigenvalue weighted by Crippen LogP contribution is 2.11. The second kappa shape index (κ2) is 60.0.